The molecule has 1 N–H and O–H groups in total. The quantitative estimate of drug-likeness (QED) is 0.332. The van der Waals surface area contributed by atoms with Crippen LogP contribution in [-0.2, 0) is 0 Å². The fourth-order valence-corrected chi connectivity index (χ4v) is 2.60. The highest BCUT2D eigenvalue weighted by Crippen LogP contribution is 2.09. The first kappa shape index (κ1) is 18.2. The number of halogens is 1. The Morgan fingerprint density at radius 3 is 2.06 bits per heavy atom. The summed E-state index contributed by atoms with van der Waals surface area (Å²) in [5.41, 5.74) is 0. The van der Waals surface area contributed by atoms with E-state index in [-0.39, 0.29) is 0 Å². The molecule has 110 valence electrons. The molecule has 0 aliphatic heterocycles. The Hall–Kier alpha value is 0.250. The monoisotopic (exact) mass is 275 g/mol. The van der Waals surface area contributed by atoms with Crippen molar-refractivity contribution >= 4 is 11.6 Å². The molecule has 0 aromatic heterocycles. The van der Waals surface area contributed by atoms with Crippen LogP contribution in [0.4, 0.5) is 0 Å². The summed E-state index contributed by atoms with van der Waals surface area (Å²) in [7, 11) is 0. The van der Waals surface area contributed by atoms with E-state index >= 15 is 0 Å². The number of unbranched alkanes of at least 4 members (excludes halogenated alkanes) is 7. The van der Waals surface area contributed by atoms with E-state index in [1.54, 1.807) is 0 Å². The van der Waals surface area contributed by atoms with Crippen LogP contribution in [0.2, 0.25) is 0 Å². The second kappa shape index (κ2) is 15.3. The van der Waals surface area contributed by atoms with Gasteiger partial charge in [-0.05, 0) is 31.8 Å². The summed E-state index contributed by atoms with van der Waals surface area (Å²) in [6.45, 7) is 6.88. The van der Waals surface area contributed by atoms with Crippen molar-refractivity contribution in [3.63, 3.8) is 0 Å². The Balaban J connectivity index is 3.10. The minimum Gasteiger partial charge on any atom is -0.316 e. The van der Waals surface area contributed by atoms with Crippen molar-refractivity contribution in [3.8, 4) is 0 Å². The maximum absolute atomic E-state index is 5.78. The standard InChI is InChI=1S/C16H34ClN/c1-3-5-6-7-8-9-10-11-14-18-15-16(4-2)12-13-17/h16,18H,3-15H2,1-2H3. The van der Waals surface area contributed by atoms with Crippen LogP contribution in [0, 0.1) is 5.92 Å². The van der Waals surface area contributed by atoms with Gasteiger partial charge >= 0.3 is 0 Å². The van der Waals surface area contributed by atoms with Crippen LogP contribution in [0.1, 0.15) is 78.1 Å². The minimum atomic E-state index is 0.775. The van der Waals surface area contributed by atoms with Gasteiger partial charge in [-0.1, -0.05) is 65.2 Å². The van der Waals surface area contributed by atoms with E-state index in [1.165, 1.54) is 64.3 Å². The smallest absolute Gasteiger partial charge is 0.0226 e. The fourth-order valence-electron chi connectivity index (χ4n) is 2.29. The van der Waals surface area contributed by atoms with Crippen LogP contribution in [0.5, 0.6) is 0 Å². The fraction of sp³-hybridized carbons (Fsp3) is 1.00. The van der Waals surface area contributed by atoms with Gasteiger partial charge in [-0.2, -0.15) is 0 Å². The second-order valence-electron chi connectivity index (χ2n) is 5.43. The van der Waals surface area contributed by atoms with Crippen molar-refractivity contribution in [2.45, 2.75) is 78.1 Å². The molecule has 0 spiro atoms. The molecule has 0 heterocycles. The maximum Gasteiger partial charge on any atom is 0.0226 e. The highest BCUT2D eigenvalue weighted by atomic mass is 35.5. The lowest BCUT2D eigenvalue weighted by Gasteiger charge is -2.14. The van der Waals surface area contributed by atoms with Gasteiger partial charge in [-0.3, -0.25) is 0 Å². The summed E-state index contributed by atoms with van der Waals surface area (Å²) >= 11 is 5.78. The van der Waals surface area contributed by atoms with Gasteiger partial charge in [0.25, 0.3) is 0 Å². The molecule has 0 bridgehead atoms. The zero-order valence-corrected chi connectivity index (χ0v) is 13.4. The minimum absolute atomic E-state index is 0.775. The molecule has 0 aliphatic carbocycles. The number of hydrogen-bond acceptors (Lipinski definition) is 1. The Kier molecular flexibility index (Phi) is 15.5. The van der Waals surface area contributed by atoms with Gasteiger partial charge in [0.15, 0.2) is 0 Å². The first-order valence-corrected chi connectivity index (χ1v) is 8.65. The van der Waals surface area contributed by atoms with E-state index in [0.29, 0.717) is 0 Å². The van der Waals surface area contributed by atoms with Gasteiger partial charge < -0.3 is 5.32 Å². The molecule has 0 aliphatic rings. The second-order valence-corrected chi connectivity index (χ2v) is 5.81. The average Bonchev–Trinajstić information content (AvgIpc) is 2.39. The number of rotatable bonds is 14. The molecule has 0 aromatic carbocycles. The molecular weight excluding hydrogens is 242 g/mol. The summed E-state index contributed by atoms with van der Waals surface area (Å²) in [4.78, 5) is 0. The summed E-state index contributed by atoms with van der Waals surface area (Å²) in [5, 5.41) is 3.57. The summed E-state index contributed by atoms with van der Waals surface area (Å²) in [5.74, 6) is 1.58. The predicted molar refractivity (Wildman–Crippen MR) is 84.6 cm³/mol. The van der Waals surface area contributed by atoms with Gasteiger partial charge in [-0.15, -0.1) is 11.6 Å². The lowest BCUT2D eigenvalue weighted by atomic mass is 10.0. The van der Waals surface area contributed by atoms with Crippen LogP contribution in [0.25, 0.3) is 0 Å². The van der Waals surface area contributed by atoms with E-state index in [9.17, 15) is 0 Å². The Bertz CT molecular complexity index is 150. The molecule has 0 fully saturated rings. The van der Waals surface area contributed by atoms with E-state index in [4.69, 9.17) is 11.6 Å². The van der Waals surface area contributed by atoms with Crippen LogP contribution >= 0.6 is 11.6 Å². The van der Waals surface area contributed by atoms with Crippen LogP contribution in [0.15, 0.2) is 0 Å². The summed E-state index contributed by atoms with van der Waals surface area (Å²) in [6, 6.07) is 0. The third-order valence-electron chi connectivity index (χ3n) is 3.73. The molecule has 0 saturated carbocycles. The summed E-state index contributed by atoms with van der Waals surface area (Å²) < 4.78 is 0. The molecular formula is C16H34ClN. The molecule has 0 rings (SSSR count). The largest absolute Gasteiger partial charge is 0.316 e. The third-order valence-corrected chi connectivity index (χ3v) is 3.95. The van der Waals surface area contributed by atoms with Crippen molar-refractivity contribution < 1.29 is 0 Å². The number of nitrogens with one attached hydrogen (secondary N) is 1. The molecule has 2 heteroatoms. The van der Waals surface area contributed by atoms with Crippen molar-refractivity contribution in [1.82, 2.24) is 5.32 Å². The van der Waals surface area contributed by atoms with E-state index in [0.717, 1.165) is 24.8 Å². The maximum atomic E-state index is 5.78. The number of alkyl halides is 1. The van der Waals surface area contributed by atoms with Gasteiger partial charge in [0.2, 0.25) is 0 Å². The third kappa shape index (κ3) is 12.7. The van der Waals surface area contributed by atoms with Gasteiger partial charge in [0, 0.05) is 5.88 Å². The lowest BCUT2D eigenvalue weighted by molar-refractivity contribution is 0.445. The van der Waals surface area contributed by atoms with Gasteiger partial charge in [0.05, 0.1) is 0 Å². The SMILES string of the molecule is CCCCCCCCCCNCC(CC)CCCl. The topological polar surface area (TPSA) is 12.0 Å². The zero-order chi connectivity index (χ0) is 13.5. The van der Waals surface area contributed by atoms with E-state index in [2.05, 4.69) is 19.2 Å². The van der Waals surface area contributed by atoms with Crippen LogP contribution in [-0.4, -0.2) is 19.0 Å². The molecule has 0 aromatic rings. The molecule has 0 radical (unpaired) electrons. The number of hydrogen-bond donors (Lipinski definition) is 1. The van der Waals surface area contributed by atoms with Gasteiger partial charge in [-0.25, -0.2) is 0 Å². The van der Waals surface area contributed by atoms with Crippen LogP contribution in [0.3, 0.4) is 0 Å². The van der Waals surface area contributed by atoms with E-state index in [1.807, 2.05) is 0 Å². The first-order chi connectivity index (χ1) is 8.85. The van der Waals surface area contributed by atoms with E-state index < -0.39 is 0 Å². The summed E-state index contributed by atoms with van der Waals surface area (Å²) in [6.07, 6.45) is 13.6. The lowest BCUT2D eigenvalue weighted by Crippen LogP contribution is -2.23. The van der Waals surface area contributed by atoms with Crippen LogP contribution < -0.4 is 5.32 Å². The average molecular weight is 276 g/mol. The zero-order valence-electron chi connectivity index (χ0n) is 12.6. The molecule has 1 nitrogen and oxygen atoms in total. The van der Waals surface area contributed by atoms with Crippen molar-refractivity contribution in [2.24, 2.45) is 5.92 Å². The van der Waals surface area contributed by atoms with Crippen molar-refractivity contribution in [2.75, 3.05) is 19.0 Å². The van der Waals surface area contributed by atoms with Crippen molar-refractivity contribution in [3.05, 3.63) is 0 Å². The molecule has 0 saturated heterocycles. The Labute approximate surface area is 120 Å². The predicted octanol–water partition coefficient (Wildman–Crippen LogP) is 5.37. The molecule has 1 atom stereocenters. The van der Waals surface area contributed by atoms with Gasteiger partial charge in [0.1, 0.15) is 0 Å². The van der Waals surface area contributed by atoms with Crippen molar-refractivity contribution in [1.29, 1.82) is 0 Å². The molecule has 1 unspecified atom stereocenters. The normalized spacial score (nSPS) is 12.8. The molecule has 18 heavy (non-hydrogen) atoms. The Morgan fingerprint density at radius 2 is 1.50 bits per heavy atom. The Morgan fingerprint density at radius 1 is 0.889 bits per heavy atom. The molecule has 0 amide bonds. The first-order valence-electron chi connectivity index (χ1n) is 8.11. The highest BCUT2D eigenvalue weighted by Gasteiger charge is 2.03. The highest BCUT2D eigenvalue weighted by molar-refractivity contribution is 6.17.